The highest BCUT2D eigenvalue weighted by Crippen LogP contribution is 2.33. The van der Waals surface area contributed by atoms with Crippen molar-refractivity contribution in [3.8, 4) is 28.8 Å². The number of pyridine rings is 2. The van der Waals surface area contributed by atoms with E-state index in [1.807, 2.05) is 63.2 Å². The molecule has 9 heteroatoms. The van der Waals surface area contributed by atoms with Crippen LogP contribution in [-0.4, -0.2) is 31.4 Å². The third-order valence-electron chi connectivity index (χ3n) is 5.42. The Bertz CT molecular complexity index is 1510. The van der Waals surface area contributed by atoms with Crippen LogP contribution in [0, 0.1) is 20.8 Å². The first-order valence-electron chi connectivity index (χ1n) is 11.1. The number of ether oxygens (including phenoxy) is 2. The van der Waals surface area contributed by atoms with Crippen molar-refractivity contribution in [2.45, 2.75) is 25.7 Å². The SMILES string of the molecule is COc1ncccc1S(=O)(=O)NC(=O)c1ccc(-c2ccccc2)nc1Oc1c(C)cc(C)cc1C. The van der Waals surface area contributed by atoms with E-state index in [-0.39, 0.29) is 22.2 Å². The number of carbonyl (C=O) groups excluding carboxylic acids is 1. The molecule has 0 radical (unpaired) electrons. The Balaban J connectivity index is 1.77. The van der Waals surface area contributed by atoms with Crippen LogP contribution in [0.2, 0.25) is 0 Å². The molecular formula is C27H25N3O5S. The molecule has 36 heavy (non-hydrogen) atoms. The maximum Gasteiger partial charge on any atom is 0.270 e. The lowest BCUT2D eigenvalue weighted by molar-refractivity contribution is 0.0978. The summed E-state index contributed by atoms with van der Waals surface area (Å²) in [4.78, 5) is 21.5. The largest absolute Gasteiger partial charge is 0.480 e. The van der Waals surface area contributed by atoms with Crippen molar-refractivity contribution in [2.75, 3.05) is 7.11 Å². The van der Waals surface area contributed by atoms with Crippen LogP contribution in [0.25, 0.3) is 11.3 Å². The fraction of sp³-hybridized carbons (Fsp3) is 0.148. The van der Waals surface area contributed by atoms with Gasteiger partial charge >= 0.3 is 0 Å². The van der Waals surface area contributed by atoms with Gasteiger partial charge in [-0.05, 0) is 56.2 Å². The highest BCUT2D eigenvalue weighted by atomic mass is 32.2. The van der Waals surface area contributed by atoms with Gasteiger partial charge in [0.2, 0.25) is 11.8 Å². The van der Waals surface area contributed by atoms with Crippen molar-refractivity contribution in [1.82, 2.24) is 14.7 Å². The van der Waals surface area contributed by atoms with E-state index in [1.54, 1.807) is 6.07 Å². The zero-order valence-electron chi connectivity index (χ0n) is 20.3. The highest BCUT2D eigenvalue weighted by Gasteiger charge is 2.26. The van der Waals surface area contributed by atoms with Gasteiger partial charge in [-0.1, -0.05) is 48.0 Å². The molecule has 1 N–H and O–H groups in total. The Labute approximate surface area is 210 Å². The molecule has 0 saturated heterocycles. The average Bonchev–Trinajstić information content (AvgIpc) is 2.86. The summed E-state index contributed by atoms with van der Waals surface area (Å²) in [5.74, 6) is -0.496. The number of carbonyl (C=O) groups is 1. The van der Waals surface area contributed by atoms with Crippen molar-refractivity contribution in [3.63, 3.8) is 0 Å². The fourth-order valence-corrected chi connectivity index (χ4v) is 4.94. The van der Waals surface area contributed by atoms with Crippen LogP contribution in [-0.2, 0) is 10.0 Å². The molecule has 2 aromatic heterocycles. The van der Waals surface area contributed by atoms with Crippen LogP contribution in [0.1, 0.15) is 27.0 Å². The molecular weight excluding hydrogens is 478 g/mol. The Morgan fingerprint density at radius 2 is 1.58 bits per heavy atom. The minimum atomic E-state index is -4.29. The zero-order chi connectivity index (χ0) is 25.9. The summed E-state index contributed by atoms with van der Waals surface area (Å²) in [6.45, 7) is 5.78. The topological polar surface area (TPSA) is 107 Å². The van der Waals surface area contributed by atoms with Gasteiger partial charge in [-0.2, -0.15) is 0 Å². The summed E-state index contributed by atoms with van der Waals surface area (Å²) < 4.78 is 39.3. The number of nitrogens with zero attached hydrogens (tertiary/aromatic N) is 2. The number of rotatable bonds is 7. The number of hydrogen-bond acceptors (Lipinski definition) is 7. The molecule has 2 heterocycles. The van der Waals surface area contributed by atoms with E-state index < -0.39 is 15.9 Å². The minimum Gasteiger partial charge on any atom is -0.480 e. The van der Waals surface area contributed by atoms with Crippen LogP contribution in [0.15, 0.2) is 77.8 Å². The number of sulfonamides is 1. The molecule has 0 aliphatic rings. The summed E-state index contributed by atoms with van der Waals surface area (Å²) >= 11 is 0. The van der Waals surface area contributed by atoms with Crippen molar-refractivity contribution in [1.29, 1.82) is 0 Å². The third-order valence-corrected chi connectivity index (χ3v) is 6.77. The van der Waals surface area contributed by atoms with Gasteiger partial charge in [-0.15, -0.1) is 0 Å². The van der Waals surface area contributed by atoms with Crippen molar-refractivity contribution >= 4 is 15.9 Å². The van der Waals surface area contributed by atoms with Crippen molar-refractivity contribution < 1.29 is 22.7 Å². The smallest absolute Gasteiger partial charge is 0.270 e. The van der Waals surface area contributed by atoms with Gasteiger partial charge in [0.05, 0.1) is 12.8 Å². The first-order valence-corrected chi connectivity index (χ1v) is 12.6. The van der Waals surface area contributed by atoms with E-state index in [4.69, 9.17) is 9.47 Å². The summed E-state index contributed by atoms with van der Waals surface area (Å²) in [5.41, 5.74) is 4.14. The predicted octanol–water partition coefficient (Wildman–Crippen LogP) is 4.99. The second-order valence-electron chi connectivity index (χ2n) is 8.19. The molecule has 184 valence electrons. The Hall–Kier alpha value is -4.24. The van der Waals surface area contributed by atoms with E-state index >= 15 is 0 Å². The number of amides is 1. The maximum atomic E-state index is 13.2. The average molecular weight is 504 g/mol. The second kappa shape index (κ2) is 10.2. The highest BCUT2D eigenvalue weighted by molar-refractivity contribution is 7.90. The lowest BCUT2D eigenvalue weighted by Gasteiger charge is -2.16. The van der Waals surface area contributed by atoms with E-state index in [0.29, 0.717) is 11.4 Å². The molecule has 0 aliphatic carbocycles. The molecule has 0 unspecified atom stereocenters. The zero-order valence-corrected chi connectivity index (χ0v) is 21.1. The number of benzene rings is 2. The molecule has 0 atom stereocenters. The number of hydrogen-bond donors (Lipinski definition) is 1. The Morgan fingerprint density at radius 1 is 0.889 bits per heavy atom. The van der Waals surface area contributed by atoms with E-state index in [2.05, 4.69) is 14.7 Å². The Morgan fingerprint density at radius 3 is 2.25 bits per heavy atom. The molecule has 4 rings (SSSR count). The quantitative estimate of drug-likeness (QED) is 0.379. The number of aromatic nitrogens is 2. The van der Waals surface area contributed by atoms with Gasteiger partial charge in [0.1, 0.15) is 16.2 Å². The van der Waals surface area contributed by atoms with Crippen molar-refractivity contribution in [2.24, 2.45) is 0 Å². The number of nitrogens with one attached hydrogen (secondary N) is 1. The molecule has 0 saturated carbocycles. The van der Waals surface area contributed by atoms with Crippen LogP contribution in [0.3, 0.4) is 0 Å². The molecule has 0 aliphatic heterocycles. The first kappa shape index (κ1) is 24.9. The molecule has 4 aromatic rings. The summed E-state index contributed by atoms with van der Waals surface area (Å²) in [5, 5.41) is 0. The monoisotopic (exact) mass is 503 g/mol. The molecule has 0 fully saturated rings. The van der Waals surface area contributed by atoms with E-state index in [0.717, 1.165) is 22.3 Å². The third kappa shape index (κ3) is 5.21. The first-order chi connectivity index (χ1) is 17.2. The summed E-state index contributed by atoms with van der Waals surface area (Å²) in [6.07, 6.45) is 1.39. The Kier molecular flexibility index (Phi) is 7.03. The molecule has 1 amide bonds. The summed E-state index contributed by atoms with van der Waals surface area (Å²) in [6, 6.07) is 19.2. The van der Waals surface area contributed by atoms with Crippen LogP contribution >= 0.6 is 0 Å². The maximum absolute atomic E-state index is 13.2. The van der Waals surface area contributed by atoms with E-state index in [9.17, 15) is 13.2 Å². The lowest BCUT2D eigenvalue weighted by Crippen LogP contribution is -2.31. The van der Waals surface area contributed by atoms with Gasteiger partial charge in [0, 0.05) is 11.8 Å². The molecule has 0 bridgehead atoms. The summed E-state index contributed by atoms with van der Waals surface area (Å²) in [7, 11) is -3.00. The standard InChI is InChI=1S/C27H25N3O5S/c1-17-15-18(2)24(19(3)16-17)35-26-21(12-13-22(29-26)20-9-6-5-7-10-20)25(31)30-36(32,33)23-11-8-14-28-27(23)34-4/h5-16H,1-4H3,(H,30,31). The molecule has 0 spiro atoms. The van der Waals surface area contributed by atoms with Crippen LogP contribution in [0.5, 0.6) is 17.5 Å². The second-order valence-corrected chi connectivity index (χ2v) is 9.84. The fourth-order valence-electron chi connectivity index (χ4n) is 3.85. The van der Waals surface area contributed by atoms with Gasteiger partial charge < -0.3 is 9.47 Å². The minimum absolute atomic E-state index is 0.0164. The normalized spacial score (nSPS) is 11.1. The number of methoxy groups -OCH3 is 1. The van der Waals surface area contributed by atoms with Gasteiger partial charge in [0.25, 0.3) is 15.9 Å². The number of aryl methyl sites for hydroxylation is 3. The lowest BCUT2D eigenvalue weighted by atomic mass is 10.1. The van der Waals surface area contributed by atoms with Crippen LogP contribution in [0.4, 0.5) is 0 Å². The van der Waals surface area contributed by atoms with Gasteiger partial charge in [0.15, 0.2) is 0 Å². The predicted molar refractivity (Wildman–Crippen MR) is 136 cm³/mol. The van der Waals surface area contributed by atoms with Gasteiger partial charge in [-0.3, -0.25) is 4.79 Å². The van der Waals surface area contributed by atoms with Gasteiger partial charge in [-0.25, -0.2) is 23.1 Å². The van der Waals surface area contributed by atoms with Crippen molar-refractivity contribution in [3.05, 3.63) is 95.2 Å². The van der Waals surface area contributed by atoms with E-state index in [1.165, 1.54) is 31.5 Å². The molecule has 2 aromatic carbocycles. The van der Waals surface area contributed by atoms with Crippen LogP contribution < -0.4 is 14.2 Å². The molecule has 8 nitrogen and oxygen atoms in total.